The molecule has 0 spiro atoms. The van der Waals surface area contributed by atoms with Gasteiger partial charge in [0.15, 0.2) is 0 Å². The number of ether oxygens (including phenoxy) is 3. The normalized spacial score (nSPS) is 15.6. The molecule has 1 heterocycles. The molecular formula is C43H64N2O8S. The minimum atomic E-state index is -0.837. The van der Waals surface area contributed by atoms with E-state index in [0.717, 1.165) is 58.6 Å². The highest BCUT2D eigenvalue weighted by molar-refractivity contribution is 8.03. The van der Waals surface area contributed by atoms with Gasteiger partial charge in [-0.1, -0.05) is 94.9 Å². The number of nitrogens with two attached hydrogens (primary N) is 1. The molecule has 1 aliphatic rings. The quantitative estimate of drug-likeness (QED) is 0.0497. The number of nitrogens with one attached hydrogen (secondary N) is 1. The van der Waals surface area contributed by atoms with Gasteiger partial charge in [0.1, 0.15) is 23.4 Å². The second kappa shape index (κ2) is 28.5. The molecule has 3 unspecified atom stereocenters. The van der Waals surface area contributed by atoms with E-state index in [1.807, 2.05) is 61.5 Å². The summed E-state index contributed by atoms with van der Waals surface area (Å²) in [7, 11) is 3.31. The van der Waals surface area contributed by atoms with Gasteiger partial charge in [0.05, 0.1) is 32.5 Å². The number of phenols is 1. The lowest BCUT2D eigenvalue weighted by atomic mass is 9.80. The van der Waals surface area contributed by atoms with Crippen LogP contribution in [0.2, 0.25) is 0 Å². The summed E-state index contributed by atoms with van der Waals surface area (Å²) in [5.74, 6) is 5.40. The van der Waals surface area contributed by atoms with Crippen LogP contribution in [-0.2, 0) is 24.7 Å². The molecule has 10 nitrogen and oxygen atoms in total. The van der Waals surface area contributed by atoms with Gasteiger partial charge in [0, 0.05) is 19.2 Å². The number of phenolic OH excluding ortho intramolecular Hbond substituents is 1. The highest BCUT2D eigenvalue weighted by atomic mass is 32.2. The van der Waals surface area contributed by atoms with Crippen molar-refractivity contribution < 1.29 is 39.2 Å². The van der Waals surface area contributed by atoms with Crippen LogP contribution in [0.1, 0.15) is 83.9 Å². The number of carbonyl (C=O) groups excluding carboxylic acids is 2. The lowest BCUT2D eigenvalue weighted by molar-refractivity contribution is -0.120. The van der Waals surface area contributed by atoms with Crippen molar-refractivity contribution in [2.75, 3.05) is 33.1 Å². The Hall–Kier alpha value is -3.97. The minimum Gasteiger partial charge on any atom is -0.508 e. The molecular weight excluding hydrogens is 705 g/mol. The molecule has 0 bridgehead atoms. The Morgan fingerprint density at radius 1 is 1.00 bits per heavy atom. The first-order valence-corrected chi connectivity index (χ1v) is 19.1. The van der Waals surface area contributed by atoms with Crippen molar-refractivity contribution in [2.45, 2.75) is 85.0 Å². The van der Waals surface area contributed by atoms with Gasteiger partial charge in [-0.05, 0) is 90.5 Å². The highest BCUT2D eigenvalue weighted by Crippen LogP contribution is 2.42. The van der Waals surface area contributed by atoms with Crippen molar-refractivity contribution in [1.82, 2.24) is 5.32 Å². The molecule has 1 amide bonds. The summed E-state index contributed by atoms with van der Waals surface area (Å²) in [5, 5.41) is 27.4. The van der Waals surface area contributed by atoms with Gasteiger partial charge in [-0.15, -0.1) is 11.8 Å². The summed E-state index contributed by atoms with van der Waals surface area (Å²) in [5.41, 5.74) is 2.29. The monoisotopic (exact) mass is 768 g/mol. The number of rotatable bonds is 13. The number of aliphatic hydroxyl groups excluding tert-OH is 1. The Balaban J connectivity index is 0.000000958. The molecule has 1 saturated heterocycles. The third kappa shape index (κ3) is 18.4. The largest absolute Gasteiger partial charge is 0.508 e. The smallest absolute Gasteiger partial charge is 0.219 e. The second-order valence-electron chi connectivity index (χ2n) is 13.1. The van der Waals surface area contributed by atoms with E-state index in [2.05, 4.69) is 57.6 Å². The molecule has 6 N–H and O–H groups in total. The zero-order chi connectivity index (χ0) is 41.0. The van der Waals surface area contributed by atoms with Crippen LogP contribution >= 0.6 is 11.8 Å². The minimum absolute atomic E-state index is 0.0680. The van der Waals surface area contributed by atoms with Crippen LogP contribution in [0.15, 0.2) is 102 Å². The Labute approximate surface area is 327 Å². The number of methoxy groups -OCH3 is 1. The third-order valence-electron chi connectivity index (χ3n) is 7.99. The molecule has 3 aromatic carbocycles. The number of hydrogen-bond donors (Lipinski definition) is 5. The first kappa shape index (κ1) is 50.0. The predicted octanol–water partition coefficient (Wildman–Crippen LogP) is 8.18. The highest BCUT2D eigenvalue weighted by Gasteiger charge is 2.39. The van der Waals surface area contributed by atoms with Gasteiger partial charge in [0.25, 0.3) is 0 Å². The molecule has 0 aromatic heterocycles. The SMILES string of the molecule is C/C=C\C=O.C=C(SCCO)C(C)(C)C.CCCC(=O)NC.COc1ccc(C(OCC2CCC(C)O2)(c2ccccc2)c2ccc(O)cc2)cc1.NO. The van der Waals surface area contributed by atoms with E-state index in [1.165, 1.54) is 6.08 Å². The standard InChI is InChI=1S/C26H28O4.C8H16OS.C5H11NO.C4H6O.H3NO/c1-19-8-15-25(30-19)18-29-26(20-6-4-3-5-7-20,21-9-13-23(27)14-10-21)22-11-16-24(28-2)17-12-22;1-7(8(2,3)4)10-6-5-9;1-3-4-5(7)6-2;1-2-3-4-5;1-2/h3-7,9-14,16-17,19,25,27H,8,15,18H2,1-2H3;9H,1,5-6H2,2-4H3;3-4H2,1-2H3,(H,6,7);2-4H,1H3;2H,1H2/b;;;3-2-;. The van der Waals surface area contributed by atoms with E-state index in [4.69, 9.17) is 24.5 Å². The summed E-state index contributed by atoms with van der Waals surface area (Å²) in [4.78, 5) is 20.8. The van der Waals surface area contributed by atoms with Gasteiger partial charge >= 0.3 is 0 Å². The maximum absolute atomic E-state index is 10.3. The van der Waals surface area contributed by atoms with E-state index in [1.54, 1.807) is 51.1 Å². The molecule has 3 atom stereocenters. The van der Waals surface area contributed by atoms with Crippen LogP contribution in [-0.4, -0.2) is 72.9 Å². The van der Waals surface area contributed by atoms with E-state index >= 15 is 0 Å². The van der Waals surface area contributed by atoms with Crippen LogP contribution in [0.5, 0.6) is 11.5 Å². The van der Waals surface area contributed by atoms with Crippen LogP contribution in [0.4, 0.5) is 0 Å². The molecule has 1 fully saturated rings. The second-order valence-corrected chi connectivity index (χ2v) is 14.3. The molecule has 54 heavy (non-hydrogen) atoms. The van der Waals surface area contributed by atoms with Crippen molar-refractivity contribution in [1.29, 1.82) is 0 Å². The van der Waals surface area contributed by atoms with Gasteiger partial charge < -0.3 is 34.9 Å². The molecule has 3 aromatic rings. The number of hydrogen-bond acceptors (Lipinski definition) is 10. The van der Waals surface area contributed by atoms with Crippen molar-refractivity contribution in [3.8, 4) is 11.5 Å². The van der Waals surface area contributed by atoms with Crippen molar-refractivity contribution in [3.63, 3.8) is 0 Å². The molecule has 0 radical (unpaired) electrons. The lowest BCUT2D eigenvalue weighted by Gasteiger charge is -2.36. The number of aromatic hydroxyl groups is 1. The molecule has 4 rings (SSSR count). The van der Waals surface area contributed by atoms with E-state index in [0.29, 0.717) is 13.0 Å². The summed E-state index contributed by atoms with van der Waals surface area (Å²) in [6, 6.07) is 25.4. The first-order valence-electron chi connectivity index (χ1n) is 18.1. The maximum Gasteiger partial charge on any atom is 0.219 e. The third-order valence-corrected chi connectivity index (χ3v) is 9.33. The fourth-order valence-corrected chi connectivity index (χ4v) is 5.76. The Bertz CT molecular complexity index is 1460. The number of amides is 1. The van der Waals surface area contributed by atoms with E-state index in [-0.39, 0.29) is 35.9 Å². The van der Waals surface area contributed by atoms with Gasteiger partial charge in [0.2, 0.25) is 5.91 Å². The number of allylic oxidation sites excluding steroid dienone is 3. The average Bonchev–Trinajstić information content (AvgIpc) is 3.61. The number of benzene rings is 3. The summed E-state index contributed by atoms with van der Waals surface area (Å²) in [6.07, 6.45) is 7.83. The number of aliphatic hydroxyl groups is 1. The molecule has 0 aliphatic carbocycles. The molecule has 300 valence electrons. The maximum atomic E-state index is 10.3. The van der Waals surface area contributed by atoms with Crippen molar-refractivity contribution in [2.24, 2.45) is 11.3 Å². The van der Waals surface area contributed by atoms with Gasteiger partial charge in [-0.2, -0.15) is 0 Å². The fourth-order valence-electron chi connectivity index (χ4n) is 4.99. The van der Waals surface area contributed by atoms with Crippen LogP contribution in [0, 0.1) is 5.41 Å². The zero-order valence-corrected chi connectivity index (χ0v) is 34.2. The zero-order valence-electron chi connectivity index (χ0n) is 33.4. The number of thioether (sulfide) groups is 1. The Kier molecular flexibility index (Phi) is 26.4. The number of carbonyl (C=O) groups is 2. The van der Waals surface area contributed by atoms with Crippen LogP contribution in [0.25, 0.3) is 0 Å². The Morgan fingerprint density at radius 2 is 1.56 bits per heavy atom. The molecule has 0 saturated carbocycles. The first-order chi connectivity index (χ1) is 25.8. The Morgan fingerprint density at radius 3 is 1.94 bits per heavy atom. The van der Waals surface area contributed by atoms with Gasteiger partial charge in [-0.3, -0.25) is 9.59 Å². The van der Waals surface area contributed by atoms with Crippen LogP contribution in [0.3, 0.4) is 0 Å². The predicted molar refractivity (Wildman–Crippen MR) is 221 cm³/mol. The topological polar surface area (TPSA) is 161 Å². The fraction of sp³-hybridized carbons (Fsp3) is 0.442. The van der Waals surface area contributed by atoms with Crippen molar-refractivity contribution in [3.05, 3.63) is 119 Å². The summed E-state index contributed by atoms with van der Waals surface area (Å²) >= 11 is 1.64. The van der Waals surface area contributed by atoms with Crippen molar-refractivity contribution >= 4 is 24.0 Å². The number of aldehydes is 1. The van der Waals surface area contributed by atoms with Crippen LogP contribution < -0.4 is 16.0 Å². The summed E-state index contributed by atoms with van der Waals surface area (Å²) in [6.45, 7) is 16.9. The molecule has 11 heteroatoms. The molecule has 1 aliphatic heterocycles. The average molecular weight is 769 g/mol. The summed E-state index contributed by atoms with van der Waals surface area (Å²) < 4.78 is 18.2. The lowest BCUT2D eigenvalue weighted by Crippen LogP contribution is -2.35. The van der Waals surface area contributed by atoms with E-state index in [9.17, 15) is 14.7 Å². The van der Waals surface area contributed by atoms with E-state index < -0.39 is 5.60 Å². The van der Waals surface area contributed by atoms with Gasteiger partial charge in [-0.25, -0.2) is 5.90 Å².